The lowest BCUT2D eigenvalue weighted by atomic mass is 10.1. The van der Waals surface area contributed by atoms with Crippen molar-refractivity contribution in [3.8, 4) is 5.69 Å². The molecule has 5 rings (SSSR count). The summed E-state index contributed by atoms with van der Waals surface area (Å²) in [6.07, 6.45) is 3.50. The molecule has 2 aromatic carbocycles. The minimum absolute atomic E-state index is 0.201. The van der Waals surface area contributed by atoms with Crippen LogP contribution in [0.25, 0.3) is 5.69 Å². The Morgan fingerprint density at radius 3 is 2.43 bits per heavy atom. The molecule has 1 unspecified atom stereocenters. The van der Waals surface area contributed by atoms with Crippen molar-refractivity contribution >= 4 is 29.4 Å². The largest absolute Gasteiger partial charge is 0.360 e. The van der Waals surface area contributed by atoms with Crippen molar-refractivity contribution in [3.63, 3.8) is 0 Å². The summed E-state index contributed by atoms with van der Waals surface area (Å²) in [5, 5.41) is 16.1. The Kier molecular flexibility index (Phi) is 6.85. The first-order chi connectivity index (χ1) is 17.1. The summed E-state index contributed by atoms with van der Waals surface area (Å²) >= 11 is 1.38. The fourth-order valence-corrected chi connectivity index (χ4v) is 5.23. The highest BCUT2D eigenvalue weighted by Crippen LogP contribution is 2.38. The van der Waals surface area contributed by atoms with Crippen molar-refractivity contribution in [1.29, 1.82) is 0 Å². The van der Waals surface area contributed by atoms with E-state index in [0.29, 0.717) is 16.7 Å². The summed E-state index contributed by atoms with van der Waals surface area (Å²) in [5.74, 6) is 1.64. The fourth-order valence-electron chi connectivity index (χ4n) is 4.18. The first kappa shape index (κ1) is 23.2. The van der Waals surface area contributed by atoms with Crippen molar-refractivity contribution < 1.29 is 9.32 Å². The van der Waals surface area contributed by atoms with E-state index in [1.165, 1.54) is 23.7 Å². The molecule has 1 fully saturated rings. The van der Waals surface area contributed by atoms with E-state index >= 15 is 0 Å². The average Bonchev–Trinajstić information content (AvgIpc) is 3.49. The van der Waals surface area contributed by atoms with Crippen molar-refractivity contribution in [2.45, 2.75) is 43.5 Å². The smallest absolute Gasteiger partial charge is 0.243 e. The van der Waals surface area contributed by atoms with Crippen LogP contribution in [0.2, 0.25) is 0 Å². The Labute approximate surface area is 208 Å². The number of carbonyl (C=O) groups excluding carboxylic acids is 1. The second kappa shape index (κ2) is 10.4. The van der Waals surface area contributed by atoms with Gasteiger partial charge < -0.3 is 14.7 Å². The number of aryl methyl sites for hydroxylation is 2. The summed E-state index contributed by atoms with van der Waals surface area (Å²) < 4.78 is 7.19. The molecule has 180 valence electrons. The van der Waals surface area contributed by atoms with E-state index in [1.807, 2.05) is 30.3 Å². The first-order valence-corrected chi connectivity index (χ1v) is 12.7. The topological polar surface area (TPSA) is 89.1 Å². The van der Waals surface area contributed by atoms with E-state index in [4.69, 9.17) is 4.52 Å². The molecule has 0 aliphatic carbocycles. The molecule has 2 aromatic heterocycles. The Morgan fingerprint density at radius 1 is 1.00 bits per heavy atom. The number of nitrogens with zero attached hydrogens (tertiary/aromatic N) is 5. The average molecular weight is 489 g/mol. The molecule has 1 aliphatic heterocycles. The highest BCUT2D eigenvalue weighted by atomic mass is 32.2. The van der Waals surface area contributed by atoms with E-state index in [1.54, 1.807) is 13.0 Å². The molecule has 8 nitrogen and oxygen atoms in total. The van der Waals surface area contributed by atoms with Gasteiger partial charge in [-0.25, -0.2) is 0 Å². The summed E-state index contributed by atoms with van der Waals surface area (Å²) in [5.41, 5.74) is 3.02. The van der Waals surface area contributed by atoms with Gasteiger partial charge in [0.15, 0.2) is 11.0 Å². The first-order valence-electron chi connectivity index (χ1n) is 11.8. The number of hydrogen-bond acceptors (Lipinski definition) is 7. The lowest BCUT2D eigenvalue weighted by Crippen LogP contribution is -2.31. The van der Waals surface area contributed by atoms with Crippen molar-refractivity contribution in [2.24, 2.45) is 0 Å². The van der Waals surface area contributed by atoms with Crippen molar-refractivity contribution in [3.05, 3.63) is 77.6 Å². The van der Waals surface area contributed by atoms with E-state index < -0.39 is 5.25 Å². The molecule has 1 aliphatic rings. The molecule has 1 N–H and O–H groups in total. The van der Waals surface area contributed by atoms with Gasteiger partial charge in [-0.05, 0) is 50.8 Å². The number of aromatic nitrogens is 4. The van der Waals surface area contributed by atoms with Crippen LogP contribution in [-0.2, 0) is 4.79 Å². The van der Waals surface area contributed by atoms with Gasteiger partial charge in [0.25, 0.3) is 0 Å². The van der Waals surface area contributed by atoms with E-state index in [-0.39, 0.29) is 5.91 Å². The van der Waals surface area contributed by atoms with Gasteiger partial charge in [-0.3, -0.25) is 9.36 Å². The van der Waals surface area contributed by atoms with Gasteiger partial charge in [0.1, 0.15) is 11.0 Å². The summed E-state index contributed by atoms with van der Waals surface area (Å²) in [6.45, 7) is 5.75. The molecular weight excluding hydrogens is 460 g/mol. The molecule has 0 spiro atoms. The number of carbonyl (C=O) groups is 1. The highest BCUT2D eigenvalue weighted by Gasteiger charge is 2.28. The van der Waals surface area contributed by atoms with Crippen LogP contribution in [0.15, 0.2) is 70.3 Å². The lowest BCUT2D eigenvalue weighted by Gasteiger charge is -2.28. The number of piperidine rings is 1. The van der Waals surface area contributed by atoms with Gasteiger partial charge in [-0.2, -0.15) is 0 Å². The van der Waals surface area contributed by atoms with Crippen LogP contribution in [0.1, 0.15) is 41.4 Å². The zero-order chi connectivity index (χ0) is 24.2. The van der Waals surface area contributed by atoms with Crippen LogP contribution in [0.5, 0.6) is 0 Å². The van der Waals surface area contributed by atoms with Crippen LogP contribution in [0.4, 0.5) is 11.8 Å². The van der Waals surface area contributed by atoms with Gasteiger partial charge >= 0.3 is 0 Å². The Bertz CT molecular complexity index is 1280. The number of hydrogen-bond donors (Lipinski definition) is 1. The quantitative estimate of drug-likeness (QED) is 0.352. The minimum Gasteiger partial charge on any atom is -0.360 e. The number of anilines is 2. The SMILES string of the molecule is Cc1ccc(-n2c(SC(C(=O)Nc3cc(C)on3)c3ccccc3)nnc2N2CCCCC2)cc1. The molecule has 1 saturated heterocycles. The monoisotopic (exact) mass is 488 g/mol. The predicted molar refractivity (Wildman–Crippen MR) is 137 cm³/mol. The maximum absolute atomic E-state index is 13.4. The number of thioether (sulfide) groups is 1. The van der Waals surface area contributed by atoms with Crippen molar-refractivity contribution in [1.82, 2.24) is 19.9 Å². The Morgan fingerprint density at radius 2 is 1.74 bits per heavy atom. The van der Waals surface area contributed by atoms with Gasteiger partial charge in [0.05, 0.1) is 5.69 Å². The third-order valence-corrected chi connectivity index (χ3v) is 7.19. The van der Waals surface area contributed by atoms with Gasteiger partial charge in [-0.15, -0.1) is 10.2 Å². The second-order valence-corrected chi connectivity index (χ2v) is 9.79. The van der Waals surface area contributed by atoms with Crippen LogP contribution < -0.4 is 10.2 Å². The van der Waals surface area contributed by atoms with Crippen LogP contribution in [0.3, 0.4) is 0 Å². The Hall–Kier alpha value is -3.59. The third kappa shape index (κ3) is 5.24. The standard InChI is InChI=1S/C26H28N6O2S/c1-18-11-13-21(14-12-18)32-25(31-15-7-4-8-16-31)28-29-26(32)35-23(20-9-5-3-6-10-20)24(33)27-22-17-19(2)34-30-22/h3,5-6,9-14,17,23H,4,7-8,15-16H2,1-2H3,(H,27,30,33). The van der Waals surface area contributed by atoms with E-state index in [9.17, 15) is 4.79 Å². The number of rotatable bonds is 7. The van der Waals surface area contributed by atoms with Crippen LogP contribution in [-0.4, -0.2) is 38.9 Å². The number of benzene rings is 2. The molecular formula is C26H28N6O2S. The molecule has 9 heteroatoms. The third-order valence-electron chi connectivity index (χ3n) is 5.99. The summed E-state index contributed by atoms with van der Waals surface area (Å²) in [7, 11) is 0. The minimum atomic E-state index is -0.559. The van der Waals surface area contributed by atoms with Gasteiger partial charge in [-0.1, -0.05) is 64.9 Å². The number of nitrogens with one attached hydrogen (secondary N) is 1. The summed E-state index contributed by atoms with van der Waals surface area (Å²) in [6, 6.07) is 19.7. The molecule has 0 bridgehead atoms. The fraction of sp³-hybridized carbons (Fsp3) is 0.308. The summed E-state index contributed by atoms with van der Waals surface area (Å²) in [4.78, 5) is 15.7. The molecule has 4 aromatic rings. The zero-order valence-electron chi connectivity index (χ0n) is 19.8. The van der Waals surface area contributed by atoms with E-state index in [0.717, 1.165) is 43.1 Å². The molecule has 1 amide bonds. The molecule has 0 radical (unpaired) electrons. The normalized spacial score (nSPS) is 14.6. The zero-order valence-corrected chi connectivity index (χ0v) is 20.7. The Balaban J connectivity index is 1.52. The lowest BCUT2D eigenvalue weighted by molar-refractivity contribution is -0.115. The maximum atomic E-state index is 13.4. The second-order valence-electron chi connectivity index (χ2n) is 8.72. The molecule has 1 atom stereocenters. The highest BCUT2D eigenvalue weighted by molar-refractivity contribution is 8.00. The maximum Gasteiger partial charge on any atom is 0.243 e. The molecule has 3 heterocycles. The van der Waals surface area contributed by atoms with Crippen LogP contribution in [0, 0.1) is 13.8 Å². The van der Waals surface area contributed by atoms with E-state index in [2.05, 4.69) is 61.3 Å². The molecule has 35 heavy (non-hydrogen) atoms. The predicted octanol–water partition coefficient (Wildman–Crippen LogP) is 5.33. The molecule has 0 saturated carbocycles. The van der Waals surface area contributed by atoms with Gasteiger partial charge in [0.2, 0.25) is 11.9 Å². The number of amides is 1. The van der Waals surface area contributed by atoms with Gasteiger partial charge in [0, 0.05) is 19.2 Å². The van der Waals surface area contributed by atoms with Crippen LogP contribution >= 0.6 is 11.8 Å². The van der Waals surface area contributed by atoms with Crippen molar-refractivity contribution in [2.75, 3.05) is 23.3 Å².